The van der Waals surface area contributed by atoms with E-state index >= 15 is 0 Å². The van der Waals surface area contributed by atoms with Crippen molar-refractivity contribution >= 4 is 39.2 Å². The number of halogens is 1. The number of aromatic nitrogens is 2. The molecule has 0 saturated heterocycles. The summed E-state index contributed by atoms with van der Waals surface area (Å²) in [5, 5.41) is 0.195. The molecule has 17 heavy (non-hydrogen) atoms. The van der Waals surface area contributed by atoms with Crippen LogP contribution in [0.15, 0.2) is 39.4 Å². The second-order valence-corrected chi connectivity index (χ2v) is 6.74. The van der Waals surface area contributed by atoms with E-state index in [4.69, 9.17) is 5.73 Å². The number of benzene rings is 1. The van der Waals surface area contributed by atoms with Gasteiger partial charge in [0, 0.05) is 10.5 Å². The summed E-state index contributed by atoms with van der Waals surface area (Å²) in [6.07, 6.45) is 1.58. The number of hydrogen-bond donors (Lipinski definition) is 1. The molecule has 3 nitrogen and oxygen atoms in total. The molecule has 0 fully saturated rings. The van der Waals surface area contributed by atoms with Crippen LogP contribution in [0.1, 0.15) is 17.7 Å². The summed E-state index contributed by atoms with van der Waals surface area (Å²) in [6.45, 7) is 2.01. The average Bonchev–Trinajstić information content (AvgIpc) is 2.78. The number of thioether (sulfide) groups is 1. The first kappa shape index (κ1) is 13.0. The van der Waals surface area contributed by atoms with Crippen molar-refractivity contribution in [2.75, 3.05) is 0 Å². The smallest absolute Gasteiger partial charge is 0.170 e. The van der Waals surface area contributed by atoms with Gasteiger partial charge in [0.05, 0.1) is 5.25 Å². The van der Waals surface area contributed by atoms with Crippen molar-refractivity contribution in [3.05, 3.63) is 40.6 Å². The van der Waals surface area contributed by atoms with Gasteiger partial charge in [-0.25, -0.2) is 4.98 Å². The minimum atomic E-state index is 0.0539. The van der Waals surface area contributed by atoms with E-state index in [9.17, 15) is 0 Å². The van der Waals surface area contributed by atoms with Crippen molar-refractivity contribution in [3.63, 3.8) is 0 Å². The molecule has 2 N–H and O–H groups in total. The third kappa shape index (κ3) is 3.51. The SMILES string of the molecule is CC(N)C(Sc1ncns1)c1cccc(Br)c1. The van der Waals surface area contributed by atoms with E-state index in [-0.39, 0.29) is 11.3 Å². The minimum Gasteiger partial charge on any atom is -0.327 e. The van der Waals surface area contributed by atoms with Gasteiger partial charge in [0.2, 0.25) is 0 Å². The van der Waals surface area contributed by atoms with E-state index in [0.29, 0.717) is 0 Å². The molecule has 2 unspecified atom stereocenters. The Morgan fingerprint density at radius 1 is 1.47 bits per heavy atom. The van der Waals surface area contributed by atoms with E-state index < -0.39 is 0 Å². The van der Waals surface area contributed by atoms with Gasteiger partial charge in [0.1, 0.15) is 6.33 Å². The van der Waals surface area contributed by atoms with Crippen LogP contribution in [0.4, 0.5) is 0 Å². The fraction of sp³-hybridized carbons (Fsp3) is 0.273. The Labute approximate surface area is 117 Å². The van der Waals surface area contributed by atoms with Crippen molar-refractivity contribution in [1.82, 2.24) is 9.36 Å². The Kier molecular flexibility index (Phi) is 4.55. The highest BCUT2D eigenvalue weighted by atomic mass is 79.9. The lowest BCUT2D eigenvalue weighted by Gasteiger charge is -2.19. The molecule has 2 rings (SSSR count). The van der Waals surface area contributed by atoms with Crippen LogP contribution in [0.5, 0.6) is 0 Å². The van der Waals surface area contributed by atoms with Crippen LogP contribution >= 0.6 is 39.2 Å². The Hall–Kier alpha value is -0.430. The summed E-state index contributed by atoms with van der Waals surface area (Å²) in [4.78, 5) is 4.19. The van der Waals surface area contributed by atoms with E-state index in [2.05, 4.69) is 37.4 Å². The number of nitrogens with zero attached hydrogens (tertiary/aromatic N) is 2. The van der Waals surface area contributed by atoms with Crippen LogP contribution in [0.25, 0.3) is 0 Å². The summed E-state index contributed by atoms with van der Waals surface area (Å²) in [7, 11) is 0. The van der Waals surface area contributed by atoms with Gasteiger partial charge in [-0.1, -0.05) is 39.8 Å². The quantitative estimate of drug-likeness (QED) is 0.872. The van der Waals surface area contributed by atoms with Gasteiger partial charge in [0.25, 0.3) is 0 Å². The molecule has 1 aromatic carbocycles. The van der Waals surface area contributed by atoms with Crippen LogP contribution in [-0.4, -0.2) is 15.4 Å². The number of rotatable bonds is 4. The van der Waals surface area contributed by atoms with Crippen molar-refractivity contribution in [2.24, 2.45) is 5.73 Å². The monoisotopic (exact) mass is 329 g/mol. The Morgan fingerprint density at radius 2 is 2.29 bits per heavy atom. The molecule has 6 heteroatoms. The Morgan fingerprint density at radius 3 is 2.88 bits per heavy atom. The van der Waals surface area contributed by atoms with Gasteiger partial charge in [0.15, 0.2) is 4.34 Å². The van der Waals surface area contributed by atoms with Gasteiger partial charge in [-0.2, -0.15) is 4.37 Å². The molecule has 0 saturated carbocycles. The molecule has 0 bridgehead atoms. The first-order valence-corrected chi connectivity index (χ1v) is 7.56. The molecule has 0 radical (unpaired) electrons. The van der Waals surface area contributed by atoms with E-state index in [1.165, 1.54) is 17.1 Å². The van der Waals surface area contributed by atoms with E-state index in [1.807, 2.05) is 19.1 Å². The Bertz CT molecular complexity index is 473. The van der Waals surface area contributed by atoms with E-state index in [1.54, 1.807) is 18.1 Å². The fourth-order valence-electron chi connectivity index (χ4n) is 1.49. The van der Waals surface area contributed by atoms with Crippen LogP contribution in [0.2, 0.25) is 0 Å². The molecule has 2 aromatic rings. The lowest BCUT2D eigenvalue weighted by molar-refractivity contribution is 0.721. The van der Waals surface area contributed by atoms with Crippen LogP contribution in [-0.2, 0) is 0 Å². The predicted molar refractivity (Wildman–Crippen MR) is 76.3 cm³/mol. The summed E-state index contributed by atoms with van der Waals surface area (Å²) < 4.78 is 6.02. The summed E-state index contributed by atoms with van der Waals surface area (Å²) in [6, 6.07) is 8.28. The van der Waals surface area contributed by atoms with Gasteiger partial charge in [-0.3, -0.25) is 0 Å². The fourth-order valence-corrected chi connectivity index (χ4v) is 3.62. The zero-order chi connectivity index (χ0) is 12.3. The second-order valence-electron chi connectivity index (χ2n) is 3.66. The maximum atomic E-state index is 6.06. The molecule has 0 amide bonds. The molecule has 1 aromatic heterocycles. The standard InChI is InChI=1S/C11H12BrN3S2/c1-7(13)10(16-11-14-6-15-17-11)8-3-2-4-9(12)5-8/h2-7,10H,13H2,1H3. The summed E-state index contributed by atoms with van der Waals surface area (Å²) in [5.74, 6) is 0. The van der Waals surface area contributed by atoms with Crippen LogP contribution < -0.4 is 5.73 Å². The first-order valence-electron chi connectivity index (χ1n) is 5.11. The van der Waals surface area contributed by atoms with Gasteiger partial charge >= 0.3 is 0 Å². The van der Waals surface area contributed by atoms with Crippen molar-refractivity contribution in [1.29, 1.82) is 0 Å². The summed E-state index contributed by atoms with van der Waals surface area (Å²) in [5.41, 5.74) is 7.26. The molecule has 0 aliphatic heterocycles. The van der Waals surface area contributed by atoms with Crippen molar-refractivity contribution < 1.29 is 0 Å². The van der Waals surface area contributed by atoms with Crippen LogP contribution in [0.3, 0.4) is 0 Å². The topological polar surface area (TPSA) is 51.8 Å². The largest absolute Gasteiger partial charge is 0.327 e. The third-order valence-corrected chi connectivity index (χ3v) is 4.95. The normalized spacial score (nSPS) is 14.5. The van der Waals surface area contributed by atoms with Crippen LogP contribution in [0, 0.1) is 0 Å². The summed E-state index contributed by atoms with van der Waals surface area (Å²) >= 11 is 6.55. The van der Waals surface area contributed by atoms with Crippen molar-refractivity contribution in [3.8, 4) is 0 Å². The molecule has 1 heterocycles. The Balaban J connectivity index is 2.23. The highest BCUT2D eigenvalue weighted by Gasteiger charge is 2.19. The molecule has 2 atom stereocenters. The highest BCUT2D eigenvalue weighted by Crippen LogP contribution is 2.38. The van der Waals surface area contributed by atoms with Gasteiger partial charge in [-0.15, -0.1) is 0 Å². The number of hydrogen-bond acceptors (Lipinski definition) is 5. The molecular weight excluding hydrogens is 318 g/mol. The number of nitrogens with two attached hydrogens (primary N) is 1. The molecule has 90 valence electrons. The van der Waals surface area contributed by atoms with Crippen molar-refractivity contribution in [2.45, 2.75) is 22.6 Å². The van der Waals surface area contributed by atoms with Gasteiger partial charge in [-0.05, 0) is 36.2 Å². The lowest BCUT2D eigenvalue weighted by Crippen LogP contribution is -2.22. The average molecular weight is 330 g/mol. The first-order chi connectivity index (χ1) is 8.16. The highest BCUT2D eigenvalue weighted by molar-refractivity contribution is 9.10. The zero-order valence-electron chi connectivity index (χ0n) is 9.21. The maximum absolute atomic E-state index is 6.06. The molecule has 0 spiro atoms. The molecular formula is C11H12BrN3S2. The lowest BCUT2D eigenvalue weighted by atomic mass is 10.1. The zero-order valence-corrected chi connectivity index (χ0v) is 12.4. The molecule has 0 aliphatic carbocycles. The van der Waals surface area contributed by atoms with E-state index in [0.717, 1.165) is 8.81 Å². The maximum Gasteiger partial charge on any atom is 0.170 e. The van der Waals surface area contributed by atoms with Gasteiger partial charge < -0.3 is 5.73 Å². The third-order valence-electron chi connectivity index (χ3n) is 2.22. The predicted octanol–water partition coefficient (Wildman–Crippen LogP) is 3.48. The second kappa shape index (κ2) is 5.95. The molecule has 0 aliphatic rings. The minimum absolute atomic E-state index is 0.0539.